The Labute approximate surface area is 171 Å². The van der Waals surface area contributed by atoms with Gasteiger partial charge < -0.3 is 9.80 Å². The SMILES string of the molecule is Cc1ccc(Sc2nccnc2N2CCCC(C(=O)N3CCCCC3)C2)cc1. The number of aryl methyl sites for hydroxylation is 1. The molecule has 0 N–H and O–H groups in total. The number of aromatic nitrogens is 2. The van der Waals surface area contributed by atoms with Crippen LogP contribution in [-0.4, -0.2) is 47.0 Å². The number of nitrogens with zero attached hydrogens (tertiary/aromatic N) is 4. The van der Waals surface area contributed by atoms with Gasteiger partial charge in [-0.25, -0.2) is 9.97 Å². The van der Waals surface area contributed by atoms with E-state index in [2.05, 4.69) is 51.0 Å². The van der Waals surface area contributed by atoms with E-state index in [0.29, 0.717) is 5.91 Å². The second kappa shape index (κ2) is 8.95. The smallest absolute Gasteiger partial charge is 0.227 e. The molecule has 1 atom stereocenters. The van der Waals surface area contributed by atoms with Crippen molar-refractivity contribution in [1.29, 1.82) is 0 Å². The zero-order chi connectivity index (χ0) is 19.3. The van der Waals surface area contributed by atoms with Gasteiger partial charge in [0, 0.05) is 43.5 Å². The Morgan fingerprint density at radius 1 is 1.00 bits per heavy atom. The number of rotatable bonds is 4. The molecule has 0 bridgehead atoms. The molecule has 3 heterocycles. The molecular weight excluding hydrogens is 368 g/mol. The summed E-state index contributed by atoms with van der Waals surface area (Å²) in [5.74, 6) is 1.32. The highest BCUT2D eigenvalue weighted by atomic mass is 32.2. The second-order valence-corrected chi connectivity index (χ2v) is 8.83. The molecule has 1 unspecified atom stereocenters. The predicted octanol–water partition coefficient (Wildman–Crippen LogP) is 4.17. The third-order valence-electron chi connectivity index (χ3n) is 5.62. The minimum absolute atomic E-state index is 0.0751. The van der Waals surface area contributed by atoms with Crippen molar-refractivity contribution in [2.24, 2.45) is 5.92 Å². The summed E-state index contributed by atoms with van der Waals surface area (Å²) in [5, 5.41) is 0.914. The molecule has 2 saturated heterocycles. The quantitative estimate of drug-likeness (QED) is 0.776. The highest BCUT2D eigenvalue weighted by Gasteiger charge is 2.31. The highest BCUT2D eigenvalue weighted by Crippen LogP contribution is 2.34. The molecule has 2 aromatic rings. The van der Waals surface area contributed by atoms with Crippen LogP contribution in [0.15, 0.2) is 46.6 Å². The normalized spacial score (nSPS) is 20.2. The van der Waals surface area contributed by atoms with E-state index in [1.807, 2.05) is 0 Å². The maximum atomic E-state index is 13.0. The fourth-order valence-electron chi connectivity index (χ4n) is 4.07. The van der Waals surface area contributed by atoms with Crippen LogP contribution in [-0.2, 0) is 4.79 Å². The van der Waals surface area contributed by atoms with Gasteiger partial charge >= 0.3 is 0 Å². The molecule has 1 aromatic heterocycles. The van der Waals surface area contributed by atoms with Crippen LogP contribution in [0.4, 0.5) is 5.82 Å². The molecule has 1 aromatic carbocycles. The number of piperidine rings is 2. The zero-order valence-electron chi connectivity index (χ0n) is 16.5. The molecule has 0 saturated carbocycles. The maximum absolute atomic E-state index is 13.0. The Bertz CT molecular complexity index is 804. The van der Waals surface area contributed by atoms with Crippen LogP contribution < -0.4 is 4.90 Å². The van der Waals surface area contributed by atoms with Crippen molar-refractivity contribution >= 4 is 23.5 Å². The van der Waals surface area contributed by atoms with Crippen LogP contribution in [0.2, 0.25) is 0 Å². The molecule has 1 amide bonds. The average Bonchev–Trinajstić information content (AvgIpc) is 2.76. The van der Waals surface area contributed by atoms with E-state index >= 15 is 0 Å². The van der Waals surface area contributed by atoms with Crippen molar-refractivity contribution in [2.45, 2.75) is 48.9 Å². The van der Waals surface area contributed by atoms with Crippen LogP contribution in [0.3, 0.4) is 0 Å². The number of carbonyl (C=O) groups is 1. The minimum Gasteiger partial charge on any atom is -0.354 e. The Morgan fingerprint density at radius 2 is 1.75 bits per heavy atom. The average molecular weight is 397 g/mol. The lowest BCUT2D eigenvalue weighted by Gasteiger charge is -2.37. The number of anilines is 1. The largest absolute Gasteiger partial charge is 0.354 e. The van der Waals surface area contributed by atoms with Gasteiger partial charge in [0.2, 0.25) is 5.91 Å². The van der Waals surface area contributed by atoms with E-state index in [1.54, 1.807) is 24.2 Å². The summed E-state index contributed by atoms with van der Waals surface area (Å²) in [6, 6.07) is 8.48. The number of hydrogen-bond donors (Lipinski definition) is 0. The first-order valence-electron chi connectivity index (χ1n) is 10.3. The molecular formula is C22H28N4OS. The Morgan fingerprint density at radius 3 is 2.54 bits per heavy atom. The zero-order valence-corrected chi connectivity index (χ0v) is 17.3. The van der Waals surface area contributed by atoms with Gasteiger partial charge in [-0.05, 0) is 51.2 Å². The van der Waals surface area contributed by atoms with Crippen LogP contribution in [0.25, 0.3) is 0 Å². The lowest BCUT2D eigenvalue weighted by molar-refractivity contribution is -0.136. The molecule has 0 aliphatic carbocycles. The minimum atomic E-state index is 0.0751. The Hall–Kier alpha value is -2.08. The molecule has 28 heavy (non-hydrogen) atoms. The van der Waals surface area contributed by atoms with Gasteiger partial charge in [-0.15, -0.1) is 0 Å². The topological polar surface area (TPSA) is 49.3 Å². The molecule has 2 aliphatic rings. The molecule has 5 nitrogen and oxygen atoms in total. The third-order valence-corrected chi connectivity index (χ3v) is 6.61. The molecule has 0 spiro atoms. The summed E-state index contributed by atoms with van der Waals surface area (Å²) in [4.78, 5) is 27.7. The fraction of sp³-hybridized carbons (Fsp3) is 0.500. The number of carbonyl (C=O) groups excluding carboxylic acids is 1. The van der Waals surface area contributed by atoms with Crippen molar-refractivity contribution in [3.05, 3.63) is 42.2 Å². The van der Waals surface area contributed by atoms with Crippen LogP contribution >= 0.6 is 11.8 Å². The van der Waals surface area contributed by atoms with Crippen LogP contribution in [0.5, 0.6) is 0 Å². The summed E-state index contributed by atoms with van der Waals surface area (Å²) in [7, 11) is 0. The molecule has 2 fully saturated rings. The van der Waals surface area contributed by atoms with Crippen LogP contribution in [0.1, 0.15) is 37.7 Å². The van der Waals surface area contributed by atoms with E-state index in [-0.39, 0.29) is 5.92 Å². The molecule has 0 radical (unpaired) electrons. The van der Waals surface area contributed by atoms with Crippen molar-refractivity contribution in [1.82, 2.24) is 14.9 Å². The van der Waals surface area contributed by atoms with Gasteiger partial charge in [-0.1, -0.05) is 29.5 Å². The van der Waals surface area contributed by atoms with Gasteiger partial charge in [-0.2, -0.15) is 0 Å². The van der Waals surface area contributed by atoms with E-state index < -0.39 is 0 Å². The number of amides is 1. The van der Waals surface area contributed by atoms with Gasteiger partial charge in [0.15, 0.2) is 5.82 Å². The standard InChI is InChI=1S/C22H28N4OS/c1-17-7-9-19(10-8-17)28-21-20(23-11-12-24-21)26-15-5-6-18(16-26)22(27)25-13-3-2-4-14-25/h7-12,18H,2-6,13-16H2,1H3. The van der Waals surface area contributed by atoms with Crippen molar-refractivity contribution < 1.29 is 4.79 Å². The number of likely N-dealkylation sites (tertiary alicyclic amines) is 1. The van der Waals surface area contributed by atoms with Gasteiger partial charge in [0.25, 0.3) is 0 Å². The summed E-state index contributed by atoms with van der Waals surface area (Å²) in [6.07, 6.45) is 9.04. The van der Waals surface area contributed by atoms with E-state index in [9.17, 15) is 4.79 Å². The predicted molar refractivity (Wildman–Crippen MR) is 113 cm³/mol. The molecule has 6 heteroatoms. The molecule has 148 valence electrons. The fourth-order valence-corrected chi connectivity index (χ4v) is 4.95. The van der Waals surface area contributed by atoms with Crippen molar-refractivity contribution in [3.63, 3.8) is 0 Å². The Balaban J connectivity index is 1.49. The second-order valence-electron chi connectivity index (χ2n) is 7.77. The van der Waals surface area contributed by atoms with Gasteiger partial charge in [0.05, 0.1) is 5.92 Å². The molecule has 4 rings (SSSR count). The van der Waals surface area contributed by atoms with E-state index in [0.717, 1.165) is 67.6 Å². The summed E-state index contributed by atoms with van der Waals surface area (Å²) < 4.78 is 0. The molecule has 2 aliphatic heterocycles. The first-order chi connectivity index (χ1) is 13.7. The monoisotopic (exact) mass is 396 g/mol. The summed E-state index contributed by atoms with van der Waals surface area (Å²) >= 11 is 1.64. The van der Waals surface area contributed by atoms with Crippen molar-refractivity contribution in [2.75, 3.05) is 31.1 Å². The number of benzene rings is 1. The lowest BCUT2D eigenvalue weighted by Crippen LogP contribution is -2.46. The van der Waals surface area contributed by atoms with Gasteiger partial charge in [0.1, 0.15) is 5.03 Å². The van der Waals surface area contributed by atoms with Crippen molar-refractivity contribution in [3.8, 4) is 0 Å². The number of hydrogen-bond acceptors (Lipinski definition) is 5. The first-order valence-corrected chi connectivity index (χ1v) is 11.1. The maximum Gasteiger partial charge on any atom is 0.227 e. The van der Waals surface area contributed by atoms with E-state index in [4.69, 9.17) is 0 Å². The Kier molecular flexibility index (Phi) is 6.15. The third kappa shape index (κ3) is 4.49. The van der Waals surface area contributed by atoms with E-state index in [1.165, 1.54) is 12.0 Å². The van der Waals surface area contributed by atoms with Crippen LogP contribution in [0, 0.1) is 12.8 Å². The summed E-state index contributed by atoms with van der Waals surface area (Å²) in [6.45, 7) is 5.62. The van der Waals surface area contributed by atoms with Gasteiger partial charge in [-0.3, -0.25) is 4.79 Å². The highest BCUT2D eigenvalue weighted by molar-refractivity contribution is 7.99. The first kappa shape index (κ1) is 19.2. The lowest BCUT2D eigenvalue weighted by atomic mass is 9.95. The summed E-state index contributed by atoms with van der Waals surface area (Å²) in [5.41, 5.74) is 1.25.